The first-order valence-corrected chi connectivity index (χ1v) is 9.79. The number of fused-ring (bicyclic) bond motifs is 1. The average molecular weight is 334 g/mol. The van der Waals surface area contributed by atoms with Crippen molar-refractivity contribution in [2.75, 3.05) is 18.6 Å². The van der Waals surface area contributed by atoms with Crippen molar-refractivity contribution in [3.63, 3.8) is 0 Å². The molecular formula is C17H22N2O3S. The predicted octanol–water partition coefficient (Wildman–Crippen LogP) is 2.14. The molecule has 0 spiro atoms. The number of rotatable bonds is 5. The van der Waals surface area contributed by atoms with Crippen LogP contribution in [0.25, 0.3) is 10.9 Å². The molecule has 1 N–H and O–H groups in total. The Labute approximate surface area is 136 Å². The molecule has 1 aromatic carbocycles. The molecular weight excluding hydrogens is 312 g/mol. The second-order valence-corrected chi connectivity index (χ2v) is 8.50. The Morgan fingerprint density at radius 1 is 1.35 bits per heavy atom. The number of carbonyl (C=O) groups excluding carboxylic acids is 1. The summed E-state index contributed by atoms with van der Waals surface area (Å²) in [5, 5.41) is 1.20. The van der Waals surface area contributed by atoms with Crippen LogP contribution in [0.1, 0.15) is 24.8 Å². The maximum atomic E-state index is 12.3. The van der Waals surface area contributed by atoms with Gasteiger partial charge in [-0.05, 0) is 30.9 Å². The first-order chi connectivity index (χ1) is 11.0. The molecule has 124 valence electrons. The van der Waals surface area contributed by atoms with Gasteiger partial charge >= 0.3 is 0 Å². The van der Waals surface area contributed by atoms with Crippen LogP contribution >= 0.6 is 0 Å². The van der Waals surface area contributed by atoms with Gasteiger partial charge in [0.2, 0.25) is 5.91 Å². The van der Waals surface area contributed by atoms with E-state index < -0.39 is 9.84 Å². The van der Waals surface area contributed by atoms with Crippen molar-refractivity contribution in [1.82, 2.24) is 9.88 Å². The minimum absolute atomic E-state index is 0.0342. The molecule has 1 fully saturated rings. The van der Waals surface area contributed by atoms with Gasteiger partial charge in [-0.2, -0.15) is 0 Å². The molecule has 5 nitrogen and oxygen atoms in total. The summed E-state index contributed by atoms with van der Waals surface area (Å²) in [7, 11) is -1.23. The van der Waals surface area contributed by atoms with Gasteiger partial charge in [-0.3, -0.25) is 4.79 Å². The zero-order valence-electron chi connectivity index (χ0n) is 13.3. The van der Waals surface area contributed by atoms with E-state index in [2.05, 4.69) is 11.1 Å². The zero-order valence-corrected chi connectivity index (χ0v) is 14.1. The number of hydrogen-bond donors (Lipinski definition) is 1. The van der Waals surface area contributed by atoms with E-state index in [1.165, 1.54) is 10.9 Å². The number of amides is 1. The van der Waals surface area contributed by atoms with Crippen LogP contribution in [0, 0.1) is 0 Å². The fourth-order valence-electron chi connectivity index (χ4n) is 3.23. The topological polar surface area (TPSA) is 70.2 Å². The second-order valence-electron chi connectivity index (χ2n) is 6.27. The molecule has 23 heavy (non-hydrogen) atoms. The van der Waals surface area contributed by atoms with E-state index in [0.29, 0.717) is 12.8 Å². The fraction of sp³-hybridized carbons (Fsp3) is 0.471. The number of hydrogen-bond acceptors (Lipinski definition) is 3. The minimum Gasteiger partial charge on any atom is -0.361 e. The third kappa shape index (κ3) is 3.58. The van der Waals surface area contributed by atoms with Gasteiger partial charge in [-0.15, -0.1) is 0 Å². The zero-order chi connectivity index (χ0) is 16.4. The molecule has 0 radical (unpaired) electrons. The number of benzene rings is 1. The lowest BCUT2D eigenvalue weighted by Gasteiger charge is -2.23. The predicted molar refractivity (Wildman–Crippen MR) is 91.1 cm³/mol. The van der Waals surface area contributed by atoms with Crippen molar-refractivity contribution in [2.45, 2.75) is 31.7 Å². The molecule has 3 rings (SSSR count). The van der Waals surface area contributed by atoms with Gasteiger partial charge in [0.1, 0.15) is 0 Å². The summed E-state index contributed by atoms with van der Waals surface area (Å²) in [6.07, 6.45) is 4.62. The summed E-state index contributed by atoms with van der Waals surface area (Å²) < 4.78 is 23.0. The molecule has 6 heteroatoms. The van der Waals surface area contributed by atoms with Crippen molar-refractivity contribution >= 4 is 26.6 Å². The van der Waals surface area contributed by atoms with Gasteiger partial charge in [0.25, 0.3) is 0 Å². The summed E-state index contributed by atoms with van der Waals surface area (Å²) in [6.45, 7) is 0. The molecule has 1 unspecified atom stereocenters. The smallest absolute Gasteiger partial charge is 0.222 e. The van der Waals surface area contributed by atoms with E-state index in [0.717, 1.165) is 18.4 Å². The monoisotopic (exact) mass is 334 g/mol. The number of aromatic nitrogens is 1. The van der Waals surface area contributed by atoms with Crippen molar-refractivity contribution < 1.29 is 13.2 Å². The highest BCUT2D eigenvalue weighted by Crippen LogP contribution is 2.21. The van der Waals surface area contributed by atoms with Crippen LogP contribution in [0.5, 0.6) is 0 Å². The Kier molecular flexibility index (Phi) is 4.43. The van der Waals surface area contributed by atoms with E-state index in [1.807, 2.05) is 24.4 Å². The maximum absolute atomic E-state index is 12.3. The molecule has 2 aromatic rings. The SMILES string of the molecule is CN(C(=O)CCCc1c[nH]c2ccccc12)C1CCS(=O)(=O)C1. The molecule has 1 aliphatic heterocycles. The van der Waals surface area contributed by atoms with E-state index in [-0.39, 0.29) is 23.5 Å². The first kappa shape index (κ1) is 16.1. The average Bonchev–Trinajstić information content (AvgIpc) is 3.10. The Hall–Kier alpha value is -1.82. The number of H-pyrrole nitrogens is 1. The standard InChI is InChI=1S/C17H22N2O3S/c1-19(14-9-10-23(21,22)12-14)17(20)8-4-5-13-11-18-16-7-3-2-6-15(13)16/h2-3,6-7,11,14,18H,4-5,8-10,12H2,1H3. The molecule has 1 aromatic heterocycles. The highest BCUT2D eigenvalue weighted by molar-refractivity contribution is 7.91. The molecule has 0 bridgehead atoms. The number of aryl methyl sites for hydroxylation is 1. The number of sulfone groups is 1. The second kappa shape index (κ2) is 6.35. The molecule has 0 saturated carbocycles. The highest BCUT2D eigenvalue weighted by Gasteiger charge is 2.32. The molecule has 0 aliphatic carbocycles. The minimum atomic E-state index is -2.95. The number of aromatic amines is 1. The van der Waals surface area contributed by atoms with Crippen molar-refractivity contribution in [3.05, 3.63) is 36.0 Å². The van der Waals surface area contributed by atoms with E-state index in [4.69, 9.17) is 0 Å². The van der Waals surface area contributed by atoms with Crippen molar-refractivity contribution in [1.29, 1.82) is 0 Å². The largest absolute Gasteiger partial charge is 0.361 e. The summed E-state index contributed by atoms with van der Waals surface area (Å²) in [5.74, 6) is 0.342. The third-order valence-electron chi connectivity index (χ3n) is 4.66. The summed E-state index contributed by atoms with van der Waals surface area (Å²) in [5.41, 5.74) is 2.33. The highest BCUT2D eigenvalue weighted by atomic mass is 32.2. The molecule has 1 amide bonds. The summed E-state index contributed by atoms with van der Waals surface area (Å²) in [4.78, 5) is 17.1. The first-order valence-electron chi connectivity index (χ1n) is 7.97. The summed E-state index contributed by atoms with van der Waals surface area (Å²) in [6, 6.07) is 7.98. The number of carbonyl (C=O) groups is 1. The van der Waals surface area contributed by atoms with Crippen LogP contribution in [0.2, 0.25) is 0 Å². The van der Waals surface area contributed by atoms with Crippen LogP contribution in [-0.4, -0.2) is 48.8 Å². The molecule has 1 saturated heterocycles. The Balaban J connectivity index is 1.53. The lowest BCUT2D eigenvalue weighted by molar-refractivity contribution is -0.131. The lowest BCUT2D eigenvalue weighted by atomic mass is 10.1. The molecule has 2 heterocycles. The quantitative estimate of drug-likeness (QED) is 0.911. The van der Waals surface area contributed by atoms with Crippen molar-refractivity contribution in [2.24, 2.45) is 0 Å². The van der Waals surface area contributed by atoms with Crippen LogP contribution in [0.3, 0.4) is 0 Å². The van der Waals surface area contributed by atoms with Gasteiger partial charge in [0.05, 0.1) is 11.5 Å². The third-order valence-corrected chi connectivity index (χ3v) is 6.41. The maximum Gasteiger partial charge on any atom is 0.222 e. The van der Waals surface area contributed by atoms with Crippen LogP contribution in [0.4, 0.5) is 0 Å². The van der Waals surface area contributed by atoms with Crippen LogP contribution < -0.4 is 0 Å². The van der Waals surface area contributed by atoms with Gasteiger partial charge in [0, 0.05) is 36.6 Å². The Bertz CT molecular complexity index is 810. The van der Waals surface area contributed by atoms with Crippen molar-refractivity contribution in [3.8, 4) is 0 Å². The molecule has 1 aliphatic rings. The van der Waals surface area contributed by atoms with Crippen LogP contribution in [0.15, 0.2) is 30.5 Å². The normalized spacial score (nSPS) is 20.0. The van der Waals surface area contributed by atoms with Gasteiger partial charge in [-0.25, -0.2) is 8.42 Å². The van der Waals surface area contributed by atoms with E-state index >= 15 is 0 Å². The van der Waals surface area contributed by atoms with Gasteiger partial charge in [0.15, 0.2) is 9.84 Å². The van der Waals surface area contributed by atoms with Gasteiger partial charge in [-0.1, -0.05) is 18.2 Å². The van der Waals surface area contributed by atoms with E-state index in [1.54, 1.807) is 11.9 Å². The Morgan fingerprint density at radius 3 is 2.87 bits per heavy atom. The van der Waals surface area contributed by atoms with E-state index in [9.17, 15) is 13.2 Å². The fourth-order valence-corrected chi connectivity index (χ4v) is 5.00. The molecule has 1 atom stereocenters. The number of nitrogens with zero attached hydrogens (tertiary/aromatic N) is 1. The number of nitrogens with one attached hydrogen (secondary N) is 1. The summed E-state index contributed by atoms with van der Waals surface area (Å²) >= 11 is 0. The number of para-hydroxylation sites is 1. The van der Waals surface area contributed by atoms with Gasteiger partial charge < -0.3 is 9.88 Å². The lowest BCUT2D eigenvalue weighted by Crippen LogP contribution is -2.37. The Morgan fingerprint density at radius 2 is 2.13 bits per heavy atom. The van der Waals surface area contributed by atoms with Crippen LogP contribution in [-0.2, 0) is 21.1 Å².